The van der Waals surface area contributed by atoms with Crippen molar-refractivity contribution in [1.82, 2.24) is 0 Å². The van der Waals surface area contributed by atoms with Crippen LogP contribution in [0.3, 0.4) is 0 Å². The van der Waals surface area contributed by atoms with Crippen molar-refractivity contribution in [3.05, 3.63) is 140 Å². The fraction of sp³-hybridized carbons (Fsp3) is 0.135. The van der Waals surface area contributed by atoms with Gasteiger partial charge in [0.05, 0.1) is 44.6 Å². The lowest BCUT2D eigenvalue weighted by Crippen LogP contribution is -2.37. The van der Waals surface area contributed by atoms with Gasteiger partial charge in [0.1, 0.15) is 41.3 Å². The topological polar surface area (TPSA) is 54.4 Å². The Morgan fingerprint density at radius 1 is 0.633 bits per heavy atom. The molecule has 0 saturated heterocycles. The Morgan fingerprint density at radius 2 is 1.06 bits per heavy atom. The molecule has 6 nitrogen and oxygen atoms in total. The Bertz CT molecular complexity index is 1970. The monoisotopic (exact) mass is 768 g/mol. The van der Waals surface area contributed by atoms with Gasteiger partial charge in [-0.15, -0.1) is 0 Å². The fourth-order valence-electron chi connectivity index (χ4n) is 5.31. The molecular weight excluding hydrogens is 742 g/mol. The van der Waals surface area contributed by atoms with Crippen molar-refractivity contribution in [2.24, 2.45) is 0 Å². The quantitative estimate of drug-likeness (QED) is 0.177. The van der Waals surface area contributed by atoms with E-state index in [4.69, 9.17) is 85.1 Å². The third kappa shape index (κ3) is 8.01. The molecule has 1 N–H and O–H groups in total. The van der Waals surface area contributed by atoms with Crippen LogP contribution in [0.1, 0.15) is 16.7 Å². The van der Waals surface area contributed by atoms with E-state index in [-0.39, 0.29) is 15.8 Å². The SMILES string of the molecule is Oc1c(Cl)cc(C(=S)N2CCOc3ccccc32)cc1Cl.S=C(c1cc(Cl)c(OCc2ccccc2)c(Cl)c1)N1CCOc2ccccc21. The van der Waals surface area contributed by atoms with Gasteiger partial charge in [-0.05, 0) is 54.1 Å². The highest BCUT2D eigenvalue weighted by atomic mass is 35.5. The number of hydrogen-bond donors (Lipinski definition) is 1. The molecule has 2 aliphatic heterocycles. The van der Waals surface area contributed by atoms with Gasteiger partial charge in [0.15, 0.2) is 11.5 Å². The predicted octanol–water partition coefficient (Wildman–Crippen LogP) is 10.4. The average molecular weight is 771 g/mol. The normalized spacial score (nSPS) is 13.1. The first-order chi connectivity index (χ1) is 23.7. The third-order valence-corrected chi connectivity index (χ3v) is 9.73. The number of halogens is 4. The van der Waals surface area contributed by atoms with E-state index in [1.165, 1.54) is 0 Å². The Balaban J connectivity index is 0.000000177. The number of rotatable bonds is 5. The third-order valence-electron chi connectivity index (χ3n) is 7.68. The standard InChI is InChI=1S/C22H17Cl2NO2S.C15H11Cl2NO2S/c23-17-12-16(13-18(24)21(17)27-14-15-6-2-1-3-7-15)22(28)25-10-11-26-20-9-5-4-8-19(20)25;16-10-7-9(8-11(17)14(10)19)15(21)18-5-6-20-13-4-2-1-3-12(13)18/h1-9,12-13H,10-11,14H2;1-4,7-8,19H,5-6H2. The summed E-state index contributed by atoms with van der Waals surface area (Å²) < 4.78 is 17.2. The number of nitrogens with zero attached hydrogens (tertiary/aromatic N) is 2. The van der Waals surface area contributed by atoms with Crippen LogP contribution in [0.2, 0.25) is 20.1 Å². The molecule has 0 spiro atoms. The van der Waals surface area contributed by atoms with E-state index in [9.17, 15) is 5.11 Å². The molecule has 0 amide bonds. The van der Waals surface area contributed by atoms with Gasteiger partial charge in [-0.3, -0.25) is 0 Å². The van der Waals surface area contributed by atoms with Crippen molar-refractivity contribution in [3.8, 4) is 23.0 Å². The number of hydrogen-bond acceptors (Lipinski definition) is 6. The first-order valence-electron chi connectivity index (χ1n) is 15.1. The summed E-state index contributed by atoms with van der Waals surface area (Å²) in [6.45, 7) is 2.82. The van der Waals surface area contributed by atoms with E-state index in [0.717, 1.165) is 34.0 Å². The molecule has 49 heavy (non-hydrogen) atoms. The molecule has 5 aromatic carbocycles. The zero-order valence-corrected chi connectivity index (χ0v) is 30.4. The number of fused-ring (bicyclic) bond motifs is 2. The molecule has 2 heterocycles. The minimum absolute atomic E-state index is 0.132. The zero-order chi connectivity index (χ0) is 34.5. The summed E-state index contributed by atoms with van der Waals surface area (Å²) in [7, 11) is 0. The van der Waals surface area contributed by atoms with E-state index >= 15 is 0 Å². The van der Waals surface area contributed by atoms with Crippen LogP contribution in [0.4, 0.5) is 11.4 Å². The number of aromatic hydroxyl groups is 1. The van der Waals surface area contributed by atoms with E-state index in [0.29, 0.717) is 64.2 Å². The average Bonchev–Trinajstić information content (AvgIpc) is 3.13. The summed E-state index contributed by atoms with van der Waals surface area (Å²) in [6.07, 6.45) is 0. The number of thiocarbonyl (C=S) groups is 2. The maximum Gasteiger partial charge on any atom is 0.157 e. The van der Waals surface area contributed by atoms with Crippen molar-refractivity contribution in [1.29, 1.82) is 0 Å². The Hall–Kier alpha value is -3.76. The van der Waals surface area contributed by atoms with Crippen LogP contribution >= 0.6 is 70.8 Å². The number of phenolic OH excluding ortho intramolecular Hbond substituents is 1. The van der Waals surface area contributed by atoms with Crippen LogP contribution in [0.25, 0.3) is 0 Å². The highest BCUT2D eigenvalue weighted by molar-refractivity contribution is 7.81. The van der Waals surface area contributed by atoms with Crippen molar-refractivity contribution in [2.45, 2.75) is 6.61 Å². The number of benzene rings is 5. The second kappa shape index (κ2) is 15.9. The summed E-state index contributed by atoms with van der Waals surface area (Å²) in [5.74, 6) is 1.94. The first-order valence-corrected chi connectivity index (χ1v) is 17.4. The van der Waals surface area contributed by atoms with Crippen molar-refractivity contribution in [3.63, 3.8) is 0 Å². The zero-order valence-electron chi connectivity index (χ0n) is 25.7. The molecule has 250 valence electrons. The van der Waals surface area contributed by atoms with Gasteiger partial charge < -0.3 is 29.1 Å². The molecule has 2 aliphatic rings. The van der Waals surface area contributed by atoms with Gasteiger partial charge in [0.2, 0.25) is 0 Å². The number of anilines is 2. The molecule has 0 unspecified atom stereocenters. The van der Waals surface area contributed by atoms with Gasteiger partial charge in [0, 0.05) is 11.1 Å². The van der Waals surface area contributed by atoms with Gasteiger partial charge in [-0.1, -0.05) is 125 Å². The highest BCUT2D eigenvalue weighted by Crippen LogP contribution is 2.38. The Kier molecular flexibility index (Phi) is 11.3. The summed E-state index contributed by atoms with van der Waals surface area (Å²) in [5, 5.41) is 10.9. The number of ether oxygens (including phenoxy) is 3. The first kappa shape index (κ1) is 35.1. The van der Waals surface area contributed by atoms with Crippen LogP contribution in [0.15, 0.2) is 103 Å². The molecule has 0 saturated carbocycles. The molecular formula is C37H28Cl4N2O4S2. The maximum atomic E-state index is 9.64. The van der Waals surface area contributed by atoms with Crippen LogP contribution in [0.5, 0.6) is 23.0 Å². The second-order valence-electron chi connectivity index (χ2n) is 10.9. The van der Waals surface area contributed by atoms with Crippen LogP contribution in [-0.2, 0) is 6.61 Å². The van der Waals surface area contributed by atoms with Gasteiger partial charge in [-0.25, -0.2) is 0 Å². The number of phenols is 1. The van der Waals surface area contributed by atoms with E-state index in [2.05, 4.69) is 0 Å². The second-order valence-corrected chi connectivity index (χ2v) is 13.3. The smallest absolute Gasteiger partial charge is 0.157 e. The van der Waals surface area contributed by atoms with Crippen LogP contribution < -0.4 is 24.0 Å². The molecule has 0 atom stereocenters. The Morgan fingerprint density at radius 3 is 1.55 bits per heavy atom. The summed E-state index contributed by atoms with van der Waals surface area (Å²) in [6, 6.07) is 32.2. The largest absolute Gasteiger partial charge is 0.505 e. The molecule has 0 radical (unpaired) electrons. The van der Waals surface area contributed by atoms with Crippen molar-refractivity contribution < 1.29 is 19.3 Å². The molecule has 7 rings (SSSR count). The molecule has 0 fully saturated rings. The van der Waals surface area contributed by atoms with Crippen molar-refractivity contribution in [2.75, 3.05) is 36.1 Å². The molecule has 12 heteroatoms. The minimum Gasteiger partial charge on any atom is -0.505 e. The van der Waals surface area contributed by atoms with E-state index in [1.807, 2.05) is 88.7 Å². The fourth-order valence-corrected chi connectivity index (χ4v) is 7.01. The molecule has 5 aromatic rings. The van der Waals surface area contributed by atoms with Crippen LogP contribution in [0, 0.1) is 0 Å². The molecule has 0 aliphatic carbocycles. The van der Waals surface area contributed by atoms with E-state index in [1.54, 1.807) is 24.3 Å². The lowest BCUT2D eigenvalue weighted by atomic mass is 10.1. The lowest BCUT2D eigenvalue weighted by Gasteiger charge is -2.31. The predicted molar refractivity (Wildman–Crippen MR) is 207 cm³/mol. The van der Waals surface area contributed by atoms with Gasteiger partial charge >= 0.3 is 0 Å². The van der Waals surface area contributed by atoms with Crippen LogP contribution in [-0.4, -0.2) is 41.4 Å². The van der Waals surface area contributed by atoms with Gasteiger partial charge in [0.25, 0.3) is 0 Å². The Labute approximate surface area is 315 Å². The van der Waals surface area contributed by atoms with Gasteiger partial charge in [-0.2, -0.15) is 0 Å². The number of para-hydroxylation sites is 4. The minimum atomic E-state index is -0.132. The van der Waals surface area contributed by atoms with E-state index < -0.39 is 0 Å². The summed E-state index contributed by atoms with van der Waals surface area (Å²) in [5.41, 5.74) is 4.35. The molecule has 0 aromatic heterocycles. The lowest BCUT2D eigenvalue weighted by molar-refractivity contribution is 0.306. The van der Waals surface area contributed by atoms with Crippen molar-refractivity contribution >= 4 is 92.2 Å². The maximum absolute atomic E-state index is 9.64. The summed E-state index contributed by atoms with van der Waals surface area (Å²) >= 11 is 36.2. The highest BCUT2D eigenvalue weighted by Gasteiger charge is 2.24. The summed E-state index contributed by atoms with van der Waals surface area (Å²) in [4.78, 5) is 5.26. The molecule has 0 bridgehead atoms.